The summed E-state index contributed by atoms with van der Waals surface area (Å²) in [6.45, 7) is 11.6. The molecule has 1 atom stereocenters. The third kappa shape index (κ3) is 9.94. The van der Waals surface area contributed by atoms with Gasteiger partial charge in [0.2, 0.25) is 0 Å². The lowest BCUT2D eigenvalue weighted by Gasteiger charge is -2.29. The third-order valence-electron chi connectivity index (χ3n) is 4.04. The van der Waals surface area contributed by atoms with Crippen molar-refractivity contribution in [3.05, 3.63) is 0 Å². The van der Waals surface area contributed by atoms with Crippen molar-refractivity contribution in [2.24, 2.45) is 5.41 Å². The maximum absolute atomic E-state index is 3.54. The van der Waals surface area contributed by atoms with Crippen LogP contribution in [0.4, 0.5) is 0 Å². The largest absolute Gasteiger partial charge is 0.316 e. The molecule has 0 aliphatic carbocycles. The second-order valence-corrected chi connectivity index (χ2v) is 6.21. The fourth-order valence-electron chi connectivity index (χ4n) is 2.84. The van der Waals surface area contributed by atoms with E-state index in [4.69, 9.17) is 0 Å². The van der Waals surface area contributed by atoms with E-state index in [0.29, 0.717) is 5.41 Å². The van der Waals surface area contributed by atoms with Crippen molar-refractivity contribution in [1.82, 2.24) is 5.32 Å². The summed E-state index contributed by atoms with van der Waals surface area (Å²) >= 11 is 0. The molecule has 0 spiro atoms. The first-order chi connectivity index (χ1) is 8.68. The Bertz CT molecular complexity index is 167. The van der Waals surface area contributed by atoms with E-state index in [0.717, 1.165) is 6.54 Å². The number of hydrogen-bond acceptors (Lipinski definition) is 1. The van der Waals surface area contributed by atoms with Crippen molar-refractivity contribution in [2.45, 2.75) is 91.9 Å². The van der Waals surface area contributed by atoms with Gasteiger partial charge in [0.1, 0.15) is 0 Å². The predicted octanol–water partition coefficient (Wildman–Crippen LogP) is 5.54. The van der Waals surface area contributed by atoms with Crippen LogP contribution in [0.2, 0.25) is 0 Å². The summed E-state index contributed by atoms with van der Waals surface area (Å²) in [7, 11) is 0. The molecule has 0 aliphatic rings. The van der Waals surface area contributed by atoms with Gasteiger partial charge >= 0.3 is 0 Å². The number of rotatable bonds is 13. The smallest absolute Gasteiger partial charge is 0.000504 e. The lowest BCUT2D eigenvalue weighted by molar-refractivity contribution is 0.248. The Morgan fingerprint density at radius 3 is 1.89 bits per heavy atom. The Kier molecular flexibility index (Phi) is 12.0. The molecule has 0 aromatic rings. The average Bonchev–Trinajstić information content (AvgIpc) is 2.36. The van der Waals surface area contributed by atoms with Crippen LogP contribution in [0, 0.1) is 5.41 Å². The summed E-state index contributed by atoms with van der Waals surface area (Å²) in [6.07, 6.45) is 14.1. The Morgan fingerprint density at radius 1 is 0.722 bits per heavy atom. The highest BCUT2D eigenvalue weighted by molar-refractivity contribution is 4.76. The lowest BCUT2D eigenvalue weighted by Crippen LogP contribution is -2.31. The standard InChI is InChI=1S/C17H37N/c1-5-8-9-10-11-12-13-15-17(4,14-6-2)16-18-7-3/h18H,5-16H2,1-4H3. The van der Waals surface area contributed by atoms with Crippen molar-refractivity contribution in [2.75, 3.05) is 13.1 Å². The molecule has 0 fully saturated rings. The number of nitrogens with one attached hydrogen (secondary N) is 1. The Hall–Kier alpha value is -0.0400. The summed E-state index contributed by atoms with van der Waals surface area (Å²) in [4.78, 5) is 0. The van der Waals surface area contributed by atoms with Crippen molar-refractivity contribution >= 4 is 0 Å². The van der Waals surface area contributed by atoms with Gasteiger partial charge < -0.3 is 5.32 Å². The molecule has 0 saturated heterocycles. The highest BCUT2D eigenvalue weighted by atomic mass is 14.9. The van der Waals surface area contributed by atoms with Crippen LogP contribution in [0.5, 0.6) is 0 Å². The molecule has 18 heavy (non-hydrogen) atoms. The summed E-state index contributed by atoms with van der Waals surface area (Å²) in [5.41, 5.74) is 0.536. The van der Waals surface area contributed by atoms with Crippen LogP contribution in [0.25, 0.3) is 0 Å². The second-order valence-electron chi connectivity index (χ2n) is 6.21. The van der Waals surface area contributed by atoms with Crippen LogP contribution in [0.1, 0.15) is 91.9 Å². The van der Waals surface area contributed by atoms with Crippen molar-refractivity contribution in [3.8, 4) is 0 Å². The minimum Gasteiger partial charge on any atom is -0.316 e. The van der Waals surface area contributed by atoms with E-state index in [-0.39, 0.29) is 0 Å². The van der Waals surface area contributed by atoms with Gasteiger partial charge in [0, 0.05) is 6.54 Å². The molecule has 1 unspecified atom stereocenters. The van der Waals surface area contributed by atoms with Gasteiger partial charge in [-0.3, -0.25) is 0 Å². The first-order valence-electron chi connectivity index (χ1n) is 8.39. The van der Waals surface area contributed by atoms with Crippen LogP contribution >= 0.6 is 0 Å². The van der Waals surface area contributed by atoms with E-state index >= 15 is 0 Å². The average molecular weight is 255 g/mol. The fraction of sp³-hybridized carbons (Fsp3) is 1.00. The molecular weight excluding hydrogens is 218 g/mol. The van der Waals surface area contributed by atoms with Crippen LogP contribution in [-0.2, 0) is 0 Å². The first-order valence-corrected chi connectivity index (χ1v) is 8.39. The maximum atomic E-state index is 3.54. The minimum absolute atomic E-state index is 0.536. The van der Waals surface area contributed by atoms with Crippen LogP contribution in [0.15, 0.2) is 0 Å². The van der Waals surface area contributed by atoms with E-state index in [9.17, 15) is 0 Å². The molecule has 0 bridgehead atoms. The SMILES string of the molecule is CCCCCCCCCC(C)(CCC)CNCC. The van der Waals surface area contributed by atoms with Gasteiger partial charge in [0.05, 0.1) is 0 Å². The van der Waals surface area contributed by atoms with Gasteiger partial charge in [-0.1, -0.05) is 79.1 Å². The van der Waals surface area contributed by atoms with E-state index in [1.807, 2.05) is 0 Å². The Balaban J connectivity index is 3.62. The summed E-state index contributed by atoms with van der Waals surface area (Å²) < 4.78 is 0. The summed E-state index contributed by atoms with van der Waals surface area (Å²) in [5.74, 6) is 0. The van der Waals surface area contributed by atoms with E-state index in [1.54, 1.807) is 0 Å². The van der Waals surface area contributed by atoms with Crippen LogP contribution < -0.4 is 5.32 Å². The molecule has 0 amide bonds. The highest BCUT2D eigenvalue weighted by Crippen LogP contribution is 2.29. The van der Waals surface area contributed by atoms with Gasteiger partial charge in [0.25, 0.3) is 0 Å². The van der Waals surface area contributed by atoms with Crippen LogP contribution in [-0.4, -0.2) is 13.1 Å². The zero-order valence-corrected chi connectivity index (χ0v) is 13.5. The van der Waals surface area contributed by atoms with Gasteiger partial charge in [-0.25, -0.2) is 0 Å². The molecule has 0 aliphatic heterocycles. The van der Waals surface area contributed by atoms with Crippen molar-refractivity contribution in [1.29, 1.82) is 0 Å². The summed E-state index contributed by atoms with van der Waals surface area (Å²) in [5, 5.41) is 3.54. The molecule has 0 aromatic carbocycles. The third-order valence-corrected chi connectivity index (χ3v) is 4.04. The quantitative estimate of drug-likeness (QED) is 0.426. The van der Waals surface area contributed by atoms with Crippen molar-refractivity contribution in [3.63, 3.8) is 0 Å². The van der Waals surface area contributed by atoms with Gasteiger partial charge in [0.15, 0.2) is 0 Å². The minimum atomic E-state index is 0.536. The van der Waals surface area contributed by atoms with Crippen molar-refractivity contribution < 1.29 is 0 Å². The van der Waals surface area contributed by atoms with Gasteiger partial charge in [-0.2, -0.15) is 0 Å². The first kappa shape index (κ1) is 18.0. The molecule has 0 radical (unpaired) electrons. The molecular formula is C17H37N. The van der Waals surface area contributed by atoms with Gasteiger partial charge in [-0.05, 0) is 24.8 Å². The molecule has 1 N–H and O–H groups in total. The molecule has 1 nitrogen and oxygen atoms in total. The monoisotopic (exact) mass is 255 g/mol. The number of hydrogen-bond donors (Lipinski definition) is 1. The highest BCUT2D eigenvalue weighted by Gasteiger charge is 2.21. The Morgan fingerprint density at radius 2 is 1.33 bits per heavy atom. The molecule has 1 heteroatoms. The molecule has 0 aromatic heterocycles. The summed E-state index contributed by atoms with van der Waals surface area (Å²) in [6, 6.07) is 0. The zero-order chi connectivity index (χ0) is 13.7. The topological polar surface area (TPSA) is 12.0 Å². The van der Waals surface area contributed by atoms with Crippen LogP contribution in [0.3, 0.4) is 0 Å². The predicted molar refractivity (Wildman–Crippen MR) is 84.2 cm³/mol. The van der Waals surface area contributed by atoms with E-state index in [1.165, 1.54) is 70.8 Å². The van der Waals surface area contributed by atoms with E-state index < -0.39 is 0 Å². The normalized spacial score (nSPS) is 14.7. The van der Waals surface area contributed by atoms with E-state index in [2.05, 4.69) is 33.0 Å². The Labute approximate surface area is 116 Å². The lowest BCUT2D eigenvalue weighted by atomic mass is 9.80. The molecule has 0 rings (SSSR count). The van der Waals surface area contributed by atoms with Gasteiger partial charge in [-0.15, -0.1) is 0 Å². The number of unbranched alkanes of at least 4 members (excludes halogenated alkanes) is 6. The molecule has 0 heterocycles. The second kappa shape index (κ2) is 12.0. The molecule has 110 valence electrons. The zero-order valence-electron chi connectivity index (χ0n) is 13.5. The fourth-order valence-corrected chi connectivity index (χ4v) is 2.84. The molecule has 0 saturated carbocycles. The maximum Gasteiger partial charge on any atom is 0.000504 e.